The monoisotopic (exact) mass is 257 g/mol. The van der Waals surface area contributed by atoms with Crippen molar-refractivity contribution >= 4 is 17.6 Å². The van der Waals surface area contributed by atoms with Gasteiger partial charge in [0.1, 0.15) is 5.75 Å². The van der Waals surface area contributed by atoms with Crippen molar-refractivity contribution in [3.8, 4) is 5.75 Å². The van der Waals surface area contributed by atoms with E-state index in [0.717, 1.165) is 22.4 Å². The number of carboxylic acids is 1. The highest BCUT2D eigenvalue weighted by atomic mass is 35.5. The second-order valence-electron chi connectivity index (χ2n) is 3.81. The Hall–Kier alpha value is -1.26. The summed E-state index contributed by atoms with van der Waals surface area (Å²) in [5, 5.41) is 12.1. The zero-order valence-corrected chi connectivity index (χ0v) is 10.9. The third kappa shape index (κ3) is 3.35. The molecule has 0 aromatic heterocycles. The molecule has 0 fully saturated rings. The Kier molecular flexibility index (Phi) is 4.78. The zero-order valence-electron chi connectivity index (χ0n) is 10.1. The quantitative estimate of drug-likeness (QED) is 0.849. The predicted octanol–water partition coefficient (Wildman–Crippen LogP) is 2.14. The summed E-state index contributed by atoms with van der Waals surface area (Å²) in [7, 11) is 1.59. The number of hydrogen-bond acceptors (Lipinski definition) is 3. The smallest absolute Gasteiger partial charge is 0.317 e. The van der Waals surface area contributed by atoms with Gasteiger partial charge in [-0.1, -0.05) is 11.6 Å². The van der Waals surface area contributed by atoms with Crippen LogP contribution in [-0.2, 0) is 11.3 Å². The number of benzene rings is 1. The highest BCUT2D eigenvalue weighted by Gasteiger charge is 2.12. The lowest BCUT2D eigenvalue weighted by molar-refractivity contribution is -0.136. The van der Waals surface area contributed by atoms with Crippen LogP contribution < -0.4 is 10.1 Å². The molecular formula is C12H16ClNO3. The van der Waals surface area contributed by atoms with Gasteiger partial charge in [0, 0.05) is 17.1 Å². The van der Waals surface area contributed by atoms with Gasteiger partial charge >= 0.3 is 5.97 Å². The maximum Gasteiger partial charge on any atom is 0.317 e. The van der Waals surface area contributed by atoms with E-state index < -0.39 is 5.97 Å². The Bertz CT molecular complexity index is 432. The largest absolute Gasteiger partial charge is 0.496 e. The van der Waals surface area contributed by atoms with Crippen molar-refractivity contribution in [3.63, 3.8) is 0 Å². The number of ether oxygens (including phenoxy) is 1. The normalized spacial score (nSPS) is 10.4. The fourth-order valence-electron chi connectivity index (χ4n) is 1.66. The lowest BCUT2D eigenvalue weighted by Gasteiger charge is -2.15. The van der Waals surface area contributed by atoms with Crippen molar-refractivity contribution < 1.29 is 14.6 Å². The molecule has 0 unspecified atom stereocenters. The van der Waals surface area contributed by atoms with E-state index in [0.29, 0.717) is 11.6 Å². The average Bonchev–Trinajstić information content (AvgIpc) is 2.28. The summed E-state index contributed by atoms with van der Waals surface area (Å²) in [6.07, 6.45) is 0. The molecule has 4 nitrogen and oxygen atoms in total. The number of aryl methyl sites for hydroxylation is 1. The number of carbonyl (C=O) groups is 1. The van der Waals surface area contributed by atoms with Crippen LogP contribution in [-0.4, -0.2) is 24.7 Å². The third-order valence-corrected chi connectivity index (χ3v) is 3.15. The molecule has 0 aliphatic rings. The minimum Gasteiger partial charge on any atom is -0.496 e. The van der Waals surface area contributed by atoms with Gasteiger partial charge in [-0.05, 0) is 31.0 Å². The van der Waals surface area contributed by atoms with Gasteiger partial charge in [-0.15, -0.1) is 0 Å². The lowest BCUT2D eigenvalue weighted by atomic mass is 10.0. The van der Waals surface area contributed by atoms with Crippen molar-refractivity contribution in [1.82, 2.24) is 5.32 Å². The number of nitrogens with one attached hydrogen (secondary N) is 1. The third-order valence-electron chi connectivity index (χ3n) is 2.57. The molecular weight excluding hydrogens is 242 g/mol. The highest BCUT2D eigenvalue weighted by Crippen LogP contribution is 2.31. The number of carboxylic acid groups (broad SMARTS) is 1. The van der Waals surface area contributed by atoms with Crippen molar-refractivity contribution in [1.29, 1.82) is 0 Å². The fraction of sp³-hybridized carbons (Fsp3) is 0.417. The van der Waals surface area contributed by atoms with Crippen LogP contribution in [0.4, 0.5) is 0 Å². The van der Waals surface area contributed by atoms with Gasteiger partial charge in [-0.2, -0.15) is 0 Å². The molecule has 5 heteroatoms. The summed E-state index contributed by atoms with van der Waals surface area (Å²) in [6.45, 7) is 4.14. The van der Waals surface area contributed by atoms with Gasteiger partial charge in [0.2, 0.25) is 0 Å². The van der Waals surface area contributed by atoms with Gasteiger partial charge in [-0.25, -0.2) is 0 Å². The molecule has 17 heavy (non-hydrogen) atoms. The molecule has 0 aliphatic carbocycles. The summed E-state index contributed by atoms with van der Waals surface area (Å²) in [4.78, 5) is 10.4. The first kappa shape index (κ1) is 13.8. The standard InChI is InChI=1S/C12H16ClNO3/c1-7-4-10(17-3)9(8(2)12(7)13)5-14-6-11(15)16/h4,14H,5-6H2,1-3H3,(H,15,16). The predicted molar refractivity (Wildman–Crippen MR) is 66.8 cm³/mol. The summed E-state index contributed by atoms with van der Waals surface area (Å²) < 4.78 is 5.27. The van der Waals surface area contributed by atoms with Gasteiger partial charge in [0.25, 0.3) is 0 Å². The molecule has 1 rings (SSSR count). The van der Waals surface area contributed by atoms with Crippen LogP contribution in [0.15, 0.2) is 6.07 Å². The minimum atomic E-state index is -0.889. The van der Waals surface area contributed by atoms with Crippen LogP contribution >= 0.6 is 11.6 Å². The van der Waals surface area contributed by atoms with E-state index in [1.807, 2.05) is 19.9 Å². The molecule has 0 bridgehead atoms. The minimum absolute atomic E-state index is 0.0892. The molecule has 0 atom stereocenters. The zero-order chi connectivity index (χ0) is 13.0. The van der Waals surface area contributed by atoms with Gasteiger partial charge in [-0.3, -0.25) is 4.79 Å². The Morgan fingerprint density at radius 2 is 2.18 bits per heavy atom. The number of halogens is 1. The topological polar surface area (TPSA) is 58.6 Å². The maximum absolute atomic E-state index is 10.4. The van der Waals surface area contributed by atoms with Crippen LogP contribution in [0.1, 0.15) is 16.7 Å². The van der Waals surface area contributed by atoms with Gasteiger partial charge in [0.15, 0.2) is 0 Å². The van der Waals surface area contributed by atoms with E-state index in [1.54, 1.807) is 7.11 Å². The Balaban J connectivity index is 2.96. The van der Waals surface area contributed by atoms with E-state index in [1.165, 1.54) is 0 Å². The van der Waals surface area contributed by atoms with E-state index in [4.69, 9.17) is 21.4 Å². The Morgan fingerprint density at radius 3 is 2.71 bits per heavy atom. The lowest BCUT2D eigenvalue weighted by Crippen LogP contribution is -2.22. The molecule has 2 N–H and O–H groups in total. The van der Waals surface area contributed by atoms with Gasteiger partial charge in [0.05, 0.1) is 13.7 Å². The molecule has 0 amide bonds. The van der Waals surface area contributed by atoms with Crippen molar-refractivity contribution in [2.24, 2.45) is 0 Å². The molecule has 0 aliphatic heterocycles. The van der Waals surface area contributed by atoms with Crippen molar-refractivity contribution in [2.75, 3.05) is 13.7 Å². The van der Waals surface area contributed by atoms with E-state index >= 15 is 0 Å². The number of aliphatic carboxylic acids is 1. The van der Waals surface area contributed by atoms with Crippen molar-refractivity contribution in [2.45, 2.75) is 20.4 Å². The summed E-state index contributed by atoms with van der Waals surface area (Å²) in [5.41, 5.74) is 2.76. The molecule has 0 heterocycles. The summed E-state index contributed by atoms with van der Waals surface area (Å²) >= 11 is 6.15. The fourth-order valence-corrected chi connectivity index (χ4v) is 1.83. The van der Waals surface area contributed by atoms with Crippen LogP contribution in [0.2, 0.25) is 5.02 Å². The maximum atomic E-state index is 10.4. The molecule has 1 aromatic carbocycles. The van der Waals surface area contributed by atoms with Crippen LogP contribution in [0.25, 0.3) is 0 Å². The number of hydrogen-bond donors (Lipinski definition) is 2. The second-order valence-corrected chi connectivity index (χ2v) is 4.19. The summed E-state index contributed by atoms with van der Waals surface area (Å²) in [6, 6.07) is 1.85. The second kappa shape index (κ2) is 5.89. The molecule has 94 valence electrons. The van der Waals surface area contributed by atoms with Gasteiger partial charge < -0.3 is 15.2 Å². The Morgan fingerprint density at radius 1 is 1.53 bits per heavy atom. The number of methoxy groups -OCH3 is 1. The van der Waals surface area contributed by atoms with Crippen LogP contribution in [0, 0.1) is 13.8 Å². The molecule has 0 radical (unpaired) electrons. The first-order chi connectivity index (χ1) is 7.97. The van der Waals surface area contributed by atoms with E-state index in [9.17, 15) is 4.79 Å². The van der Waals surface area contributed by atoms with E-state index in [2.05, 4.69) is 5.32 Å². The first-order valence-electron chi connectivity index (χ1n) is 5.22. The summed E-state index contributed by atoms with van der Waals surface area (Å²) in [5.74, 6) is -0.165. The SMILES string of the molecule is COc1cc(C)c(Cl)c(C)c1CNCC(=O)O. The Labute approximate surface area is 106 Å². The van der Waals surface area contributed by atoms with Crippen LogP contribution in [0.5, 0.6) is 5.75 Å². The average molecular weight is 258 g/mol. The number of rotatable bonds is 5. The molecule has 0 saturated heterocycles. The molecule has 0 spiro atoms. The van der Waals surface area contributed by atoms with Crippen LogP contribution in [0.3, 0.4) is 0 Å². The molecule has 1 aromatic rings. The highest BCUT2D eigenvalue weighted by molar-refractivity contribution is 6.32. The van der Waals surface area contributed by atoms with E-state index in [-0.39, 0.29) is 6.54 Å². The molecule has 0 saturated carbocycles. The van der Waals surface area contributed by atoms with Crippen molar-refractivity contribution in [3.05, 3.63) is 27.8 Å². The first-order valence-corrected chi connectivity index (χ1v) is 5.60.